The highest BCUT2D eigenvalue weighted by molar-refractivity contribution is 9.11. The topological polar surface area (TPSA) is 91.2 Å². The van der Waals surface area contributed by atoms with Crippen LogP contribution in [-0.2, 0) is 4.79 Å². The minimum Gasteiger partial charge on any atom is -0.504 e. The van der Waals surface area contributed by atoms with E-state index in [2.05, 4.69) is 58.3 Å². The van der Waals surface area contributed by atoms with Gasteiger partial charge in [0.1, 0.15) is 5.75 Å². The molecule has 0 spiro atoms. The molecule has 0 saturated heterocycles. The molecular formula is C16H13Br3N2O4. The SMILES string of the molecule is Cc1cc(Br)c(OCC(=O)N/N=C/c2cc(O)c(O)c(Br)c2)c(Br)c1. The van der Waals surface area contributed by atoms with Gasteiger partial charge in [-0.15, -0.1) is 0 Å². The maximum atomic E-state index is 11.8. The highest BCUT2D eigenvalue weighted by atomic mass is 79.9. The smallest absolute Gasteiger partial charge is 0.277 e. The van der Waals surface area contributed by atoms with E-state index >= 15 is 0 Å². The van der Waals surface area contributed by atoms with Crippen LogP contribution in [0.1, 0.15) is 11.1 Å². The Labute approximate surface area is 169 Å². The van der Waals surface area contributed by atoms with Crippen molar-refractivity contribution >= 4 is 59.9 Å². The summed E-state index contributed by atoms with van der Waals surface area (Å²) in [6, 6.07) is 6.62. The second-order valence-electron chi connectivity index (χ2n) is 5.01. The van der Waals surface area contributed by atoms with Gasteiger partial charge in [0.2, 0.25) is 0 Å². The van der Waals surface area contributed by atoms with Crippen molar-refractivity contribution in [2.75, 3.05) is 6.61 Å². The lowest BCUT2D eigenvalue weighted by atomic mass is 10.2. The van der Waals surface area contributed by atoms with Crippen LogP contribution in [0, 0.1) is 6.92 Å². The third-order valence-corrected chi connectivity index (χ3v) is 4.74. The van der Waals surface area contributed by atoms with Crippen molar-refractivity contribution in [3.05, 3.63) is 48.8 Å². The predicted octanol–water partition coefficient (Wildman–Crippen LogP) is 4.22. The Kier molecular flexibility index (Phi) is 6.86. The molecule has 0 aliphatic rings. The number of aromatic hydroxyl groups is 2. The molecule has 0 unspecified atom stereocenters. The van der Waals surface area contributed by atoms with Crippen LogP contribution in [0.15, 0.2) is 42.8 Å². The quantitative estimate of drug-likeness (QED) is 0.303. The first kappa shape index (κ1) is 19.7. The minimum absolute atomic E-state index is 0.220. The van der Waals surface area contributed by atoms with Gasteiger partial charge in [-0.3, -0.25) is 4.79 Å². The third-order valence-electron chi connectivity index (χ3n) is 2.96. The van der Waals surface area contributed by atoms with Crippen molar-refractivity contribution in [2.24, 2.45) is 5.10 Å². The number of hydrazone groups is 1. The minimum atomic E-state index is -0.447. The van der Waals surface area contributed by atoms with Gasteiger partial charge >= 0.3 is 0 Å². The first-order valence-electron chi connectivity index (χ1n) is 6.89. The zero-order valence-corrected chi connectivity index (χ0v) is 17.6. The van der Waals surface area contributed by atoms with Crippen molar-refractivity contribution in [3.8, 4) is 17.2 Å². The number of amides is 1. The molecule has 2 aromatic rings. The molecule has 0 aromatic heterocycles. The van der Waals surface area contributed by atoms with Gasteiger partial charge in [0.05, 0.1) is 19.6 Å². The second-order valence-corrected chi connectivity index (χ2v) is 7.57. The van der Waals surface area contributed by atoms with Gasteiger partial charge in [0.15, 0.2) is 18.1 Å². The second kappa shape index (κ2) is 8.68. The summed E-state index contributed by atoms with van der Waals surface area (Å²) in [6.45, 7) is 1.72. The first-order chi connectivity index (χ1) is 11.8. The number of hydrogen-bond donors (Lipinski definition) is 3. The van der Waals surface area contributed by atoms with Crippen molar-refractivity contribution in [3.63, 3.8) is 0 Å². The third kappa shape index (κ3) is 5.45. The summed E-state index contributed by atoms with van der Waals surface area (Å²) in [5, 5.41) is 22.7. The number of rotatable bonds is 5. The van der Waals surface area contributed by atoms with Gasteiger partial charge in [-0.2, -0.15) is 5.10 Å². The predicted molar refractivity (Wildman–Crippen MR) is 105 cm³/mol. The van der Waals surface area contributed by atoms with Gasteiger partial charge in [0.25, 0.3) is 5.91 Å². The van der Waals surface area contributed by atoms with E-state index in [4.69, 9.17) is 4.74 Å². The molecule has 3 N–H and O–H groups in total. The summed E-state index contributed by atoms with van der Waals surface area (Å²) in [5.41, 5.74) is 3.86. The zero-order chi connectivity index (χ0) is 18.6. The highest BCUT2D eigenvalue weighted by Gasteiger charge is 2.10. The average molecular weight is 537 g/mol. The Balaban J connectivity index is 1.93. The van der Waals surface area contributed by atoms with Crippen LogP contribution < -0.4 is 10.2 Å². The average Bonchev–Trinajstić information content (AvgIpc) is 2.51. The van der Waals surface area contributed by atoms with Crippen LogP contribution in [0.4, 0.5) is 0 Å². The fraction of sp³-hybridized carbons (Fsp3) is 0.125. The molecule has 0 aliphatic heterocycles. The van der Waals surface area contributed by atoms with Crippen LogP contribution in [0.2, 0.25) is 0 Å². The fourth-order valence-corrected chi connectivity index (χ4v) is 3.96. The van der Waals surface area contributed by atoms with Crippen LogP contribution in [0.25, 0.3) is 0 Å². The number of halogens is 3. The van der Waals surface area contributed by atoms with Crippen molar-refractivity contribution in [1.29, 1.82) is 0 Å². The van der Waals surface area contributed by atoms with Crippen LogP contribution in [0.5, 0.6) is 17.2 Å². The molecule has 0 radical (unpaired) electrons. The molecule has 0 fully saturated rings. The Morgan fingerprint density at radius 2 is 1.80 bits per heavy atom. The van der Waals surface area contributed by atoms with Crippen molar-refractivity contribution in [2.45, 2.75) is 6.92 Å². The van der Waals surface area contributed by atoms with Gasteiger partial charge in [-0.1, -0.05) is 0 Å². The van der Waals surface area contributed by atoms with Crippen molar-refractivity contribution < 1.29 is 19.7 Å². The van der Waals surface area contributed by atoms with E-state index in [1.54, 1.807) is 6.07 Å². The molecule has 6 nitrogen and oxygen atoms in total. The van der Waals surface area contributed by atoms with E-state index in [0.717, 1.165) is 14.5 Å². The summed E-state index contributed by atoms with van der Waals surface area (Å²) in [6.07, 6.45) is 1.33. The molecule has 132 valence electrons. The molecule has 0 bridgehead atoms. The molecule has 0 aliphatic carbocycles. The Morgan fingerprint density at radius 3 is 2.40 bits per heavy atom. The van der Waals surface area contributed by atoms with Gasteiger partial charge in [-0.05, 0) is 90.1 Å². The Hall–Kier alpha value is -1.58. The normalized spacial score (nSPS) is 10.9. The van der Waals surface area contributed by atoms with Gasteiger partial charge in [-0.25, -0.2) is 5.43 Å². The van der Waals surface area contributed by atoms with Gasteiger partial charge < -0.3 is 14.9 Å². The fourth-order valence-electron chi connectivity index (χ4n) is 1.85. The number of phenols is 2. The first-order valence-corrected chi connectivity index (χ1v) is 9.27. The zero-order valence-electron chi connectivity index (χ0n) is 12.9. The van der Waals surface area contributed by atoms with E-state index in [-0.39, 0.29) is 18.1 Å². The maximum absolute atomic E-state index is 11.8. The van der Waals surface area contributed by atoms with Crippen LogP contribution in [-0.4, -0.2) is 28.9 Å². The monoisotopic (exact) mass is 534 g/mol. The summed E-state index contributed by atoms with van der Waals surface area (Å²) < 4.78 is 7.27. The number of hydrogen-bond acceptors (Lipinski definition) is 5. The molecular weight excluding hydrogens is 524 g/mol. The lowest BCUT2D eigenvalue weighted by molar-refractivity contribution is -0.123. The molecule has 25 heavy (non-hydrogen) atoms. The summed E-state index contributed by atoms with van der Waals surface area (Å²) in [7, 11) is 0. The number of aryl methyl sites for hydroxylation is 1. The largest absolute Gasteiger partial charge is 0.504 e. The molecule has 9 heteroatoms. The number of benzene rings is 2. The standard InChI is InChI=1S/C16H13Br3N2O4/c1-8-2-11(18)16(12(19)3-8)25-7-14(23)21-20-6-9-4-10(17)15(24)13(22)5-9/h2-6,22,24H,7H2,1H3,(H,21,23)/b20-6+. The van der Waals surface area contributed by atoms with E-state index < -0.39 is 5.91 Å². The molecule has 0 atom stereocenters. The summed E-state index contributed by atoms with van der Waals surface area (Å²) in [4.78, 5) is 11.8. The lowest BCUT2D eigenvalue weighted by Gasteiger charge is -2.10. The summed E-state index contributed by atoms with van der Waals surface area (Å²) in [5.74, 6) is -0.474. The molecule has 1 amide bonds. The Morgan fingerprint density at radius 1 is 1.16 bits per heavy atom. The van der Waals surface area contributed by atoms with Crippen LogP contribution >= 0.6 is 47.8 Å². The molecule has 2 rings (SSSR count). The van der Waals surface area contributed by atoms with Crippen molar-refractivity contribution in [1.82, 2.24) is 5.43 Å². The van der Waals surface area contributed by atoms with Gasteiger partial charge in [0, 0.05) is 0 Å². The summed E-state index contributed by atoms with van der Waals surface area (Å²) >= 11 is 9.87. The Bertz CT molecular complexity index is 794. The molecule has 0 heterocycles. The number of carbonyl (C=O) groups is 1. The van der Waals surface area contributed by atoms with E-state index in [1.165, 1.54) is 12.3 Å². The van der Waals surface area contributed by atoms with E-state index in [0.29, 0.717) is 15.8 Å². The molecule has 0 saturated carbocycles. The number of carbonyl (C=O) groups excluding carboxylic acids is 1. The van der Waals surface area contributed by atoms with E-state index in [9.17, 15) is 15.0 Å². The van der Waals surface area contributed by atoms with E-state index in [1.807, 2.05) is 19.1 Å². The lowest BCUT2D eigenvalue weighted by Crippen LogP contribution is -2.24. The highest BCUT2D eigenvalue weighted by Crippen LogP contribution is 2.35. The number of nitrogens with one attached hydrogen (secondary N) is 1. The molecule has 2 aromatic carbocycles. The maximum Gasteiger partial charge on any atom is 0.277 e. The van der Waals surface area contributed by atoms with Crippen LogP contribution in [0.3, 0.4) is 0 Å². The number of nitrogens with zero attached hydrogens (tertiary/aromatic N) is 1. The number of ether oxygens (including phenoxy) is 1. The number of phenolic OH excluding ortho intramolecular Hbond substituents is 2.